The number of esters is 1. The lowest BCUT2D eigenvalue weighted by atomic mass is 9.88. The molecule has 0 spiro atoms. The van der Waals surface area contributed by atoms with E-state index < -0.39 is 34.5 Å². The van der Waals surface area contributed by atoms with Crippen LogP contribution in [0.4, 0.5) is 14.5 Å². The number of benzene rings is 2. The first-order valence-electron chi connectivity index (χ1n) is 7.86. The Hall–Kier alpha value is -2.74. The summed E-state index contributed by atoms with van der Waals surface area (Å²) in [5.41, 5.74) is -1.00. The van der Waals surface area contributed by atoms with Gasteiger partial charge in [-0.25, -0.2) is 8.78 Å². The van der Waals surface area contributed by atoms with E-state index >= 15 is 0 Å². The van der Waals surface area contributed by atoms with E-state index in [-0.39, 0.29) is 28.5 Å². The molecule has 2 aromatic rings. The van der Waals surface area contributed by atoms with Crippen LogP contribution < -0.4 is 4.74 Å². The molecule has 144 valence electrons. The summed E-state index contributed by atoms with van der Waals surface area (Å²) < 4.78 is 36.2. The van der Waals surface area contributed by atoms with Gasteiger partial charge in [-0.15, -0.1) is 0 Å². The molecule has 0 aliphatic heterocycles. The van der Waals surface area contributed by atoms with Gasteiger partial charge in [0.25, 0.3) is 12.1 Å². The number of rotatable bonds is 7. The number of alkyl halides is 2. The molecule has 0 radical (unpaired) electrons. The molecule has 27 heavy (non-hydrogen) atoms. The minimum atomic E-state index is -2.89. The molecular formula is C18H16ClF2NO5. The molecule has 2 aromatic carbocycles. The summed E-state index contributed by atoms with van der Waals surface area (Å²) in [6.45, 7) is 1.61. The molecule has 0 bridgehead atoms. The van der Waals surface area contributed by atoms with Gasteiger partial charge in [0.05, 0.1) is 18.6 Å². The fourth-order valence-corrected chi connectivity index (χ4v) is 2.86. The van der Waals surface area contributed by atoms with Crippen molar-refractivity contribution >= 4 is 23.3 Å². The zero-order valence-corrected chi connectivity index (χ0v) is 15.2. The van der Waals surface area contributed by atoms with E-state index in [1.807, 2.05) is 0 Å². The van der Waals surface area contributed by atoms with Gasteiger partial charge in [0, 0.05) is 27.8 Å². The Morgan fingerprint density at radius 1 is 1.22 bits per heavy atom. The van der Waals surface area contributed by atoms with Gasteiger partial charge in [0.1, 0.15) is 11.7 Å². The molecule has 9 heteroatoms. The molecule has 6 nitrogen and oxygen atoms in total. The van der Waals surface area contributed by atoms with Crippen molar-refractivity contribution in [2.45, 2.75) is 19.3 Å². The molecule has 0 heterocycles. The molecule has 0 saturated heterocycles. The number of methoxy groups -OCH3 is 1. The van der Waals surface area contributed by atoms with Gasteiger partial charge in [-0.3, -0.25) is 14.9 Å². The highest BCUT2D eigenvalue weighted by Crippen LogP contribution is 2.39. The van der Waals surface area contributed by atoms with Crippen LogP contribution in [0.15, 0.2) is 36.4 Å². The van der Waals surface area contributed by atoms with Crippen LogP contribution in [0.3, 0.4) is 0 Å². The first-order valence-corrected chi connectivity index (χ1v) is 8.24. The molecule has 0 saturated carbocycles. The summed E-state index contributed by atoms with van der Waals surface area (Å²) >= 11 is 6.02. The lowest BCUT2D eigenvalue weighted by Gasteiger charge is -2.19. The Morgan fingerprint density at radius 3 is 2.48 bits per heavy atom. The zero-order valence-electron chi connectivity index (χ0n) is 14.4. The molecule has 1 atom stereocenters. The standard InChI is InChI=1S/C18H16ClF2NO5/c1-3-27-18(23)16(13-9-11(19)5-7-15(13)26-2)12-6-4-10(17(20)21)8-14(12)22(24)25/h4-9,16-17H,3H2,1-2H3. The maximum Gasteiger partial charge on any atom is 0.318 e. The average molecular weight is 400 g/mol. The fraction of sp³-hybridized carbons (Fsp3) is 0.278. The predicted octanol–water partition coefficient (Wildman–Crippen LogP) is 4.89. The number of ether oxygens (including phenoxy) is 2. The molecule has 0 aliphatic rings. The summed E-state index contributed by atoms with van der Waals surface area (Å²) in [5.74, 6) is -1.80. The normalized spacial score (nSPS) is 11.9. The number of carbonyl (C=O) groups is 1. The number of hydrogen-bond acceptors (Lipinski definition) is 5. The summed E-state index contributed by atoms with van der Waals surface area (Å²) in [6.07, 6.45) is -2.89. The molecule has 1 unspecified atom stereocenters. The maximum absolute atomic E-state index is 13.0. The van der Waals surface area contributed by atoms with Crippen molar-refractivity contribution in [3.05, 3.63) is 68.2 Å². The van der Waals surface area contributed by atoms with Crippen LogP contribution in [0.5, 0.6) is 5.75 Å². The molecule has 2 rings (SSSR count). The van der Waals surface area contributed by atoms with E-state index in [1.54, 1.807) is 6.92 Å². The number of carbonyl (C=O) groups excluding carboxylic acids is 1. The topological polar surface area (TPSA) is 78.7 Å². The number of nitro benzene ring substituents is 1. The molecule has 0 N–H and O–H groups in total. The summed E-state index contributed by atoms with van der Waals surface area (Å²) in [7, 11) is 1.36. The summed E-state index contributed by atoms with van der Waals surface area (Å²) in [4.78, 5) is 23.3. The third-order valence-electron chi connectivity index (χ3n) is 3.84. The van der Waals surface area contributed by atoms with Crippen LogP contribution in [0.25, 0.3) is 0 Å². The van der Waals surface area contributed by atoms with Gasteiger partial charge in [0.2, 0.25) is 0 Å². The smallest absolute Gasteiger partial charge is 0.318 e. The monoisotopic (exact) mass is 399 g/mol. The number of nitro groups is 1. The van der Waals surface area contributed by atoms with E-state index in [1.165, 1.54) is 25.3 Å². The lowest BCUT2D eigenvalue weighted by Crippen LogP contribution is -2.19. The van der Waals surface area contributed by atoms with Gasteiger partial charge in [-0.2, -0.15) is 0 Å². The molecule has 0 fully saturated rings. The fourth-order valence-electron chi connectivity index (χ4n) is 2.68. The molecular weight excluding hydrogens is 384 g/mol. The minimum Gasteiger partial charge on any atom is -0.496 e. The number of hydrogen-bond donors (Lipinski definition) is 0. The highest BCUT2D eigenvalue weighted by Gasteiger charge is 2.34. The highest BCUT2D eigenvalue weighted by atomic mass is 35.5. The van der Waals surface area contributed by atoms with Crippen LogP contribution in [0.2, 0.25) is 5.02 Å². The van der Waals surface area contributed by atoms with Crippen molar-refractivity contribution in [1.29, 1.82) is 0 Å². The van der Waals surface area contributed by atoms with Gasteiger partial charge in [0.15, 0.2) is 0 Å². The maximum atomic E-state index is 13.0. The Kier molecular flexibility index (Phi) is 6.68. The van der Waals surface area contributed by atoms with Crippen molar-refractivity contribution in [3.8, 4) is 5.75 Å². The number of nitrogens with zero attached hydrogens (tertiary/aromatic N) is 1. The first-order chi connectivity index (χ1) is 12.8. The third-order valence-corrected chi connectivity index (χ3v) is 4.07. The van der Waals surface area contributed by atoms with Crippen LogP contribution in [-0.4, -0.2) is 24.6 Å². The second-order valence-corrected chi connectivity index (χ2v) is 5.88. The van der Waals surface area contributed by atoms with Gasteiger partial charge in [-0.05, 0) is 25.1 Å². The van der Waals surface area contributed by atoms with E-state index in [2.05, 4.69) is 0 Å². The van der Waals surface area contributed by atoms with Gasteiger partial charge in [-0.1, -0.05) is 23.7 Å². The SMILES string of the molecule is CCOC(=O)C(c1cc(Cl)ccc1OC)c1ccc(C(F)F)cc1[N+](=O)[O-]. The van der Waals surface area contributed by atoms with Crippen LogP contribution in [-0.2, 0) is 9.53 Å². The van der Waals surface area contributed by atoms with Gasteiger partial charge < -0.3 is 9.47 Å². The zero-order chi connectivity index (χ0) is 20.1. The van der Waals surface area contributed by atoms with Crippen molar-refractivity contribution in [1.82, 2.24) is 0 Å². The second kappa shape index (κ2) is 8.77. The molecule has 0 aromatic heterocycles. The largest absolute Gasteiger partial charge is 0.496 e. The highest BCUT2D eigenvalue weighted by molar-refractivity contribution is 6.30. The summed E-state index contributed by atoms with van der Waals surface area (Å²) in [6, 6.07) is 7.37. The molecule has 0 aliphatic carbocycles. The molecule has 0 amide bonds. The Balaban J connectivity index is 2.75. The van der Waals surface area contributed by atoms with E-state index in [0.29, 0.717) is 0 Å². The second-order valence-electron chi connectivity index (χ2n) is 5.45. The Morgan fingerprint density at radius 2 is 1.93 bits per heavy atom. The quantitative estimate of drug-likeness (QED) is 0.376. The van der Waals surface area contributed by atoms with Crippen molar-refractivity contribution in [2.24, 2.45) is 0 Å². The van der Waals surface area contributed by atoms with Crippen LogP contribution in [0.1, 0.15) is 36.0 Å². The first kappa shape index (κ1) is 20.6. The number of halogens is 3. The third kappa shape index (κ3) is 4.51. The van der Waals surface area contributed by atoms with Crippen LogP contribution in [0, 0.1) is 10.1 Å². The summed E-state index contributed by atoms with van der Waals surface area (Å²) in [5, 5.41) is 11.8. The van der Waals surface area contributed by atoms with Gasteiger partial charge >= 0.3 is 5.97 Å². The van der Waals surface area contributed by atoms with Crippen molar-refractivity contribution in [2.75, 3.05) is 13.7 Å². The van der Waals surface area contributed by atoms with E-state index in [9.17, 15) is 23.7 Å². The van der Waals surface area contributed by atoms with E-state index in [4.69, 9.17) is 21.1 Å². The average Bonchev–Trinajstić information content (AvgIpc) is 2.62. The minimum absolute atomic E-state index is 0.0289. The predicted molar refractivity (Wildman–Crippen MR) is 94.5 cm³/mol. The Labute approximate surface area is 158 Å². The van der Waals surface area contributed by atoms with Crippen LogP contribution >= 0.6 is 11.6 Å². The van der Waals surface area contributed by atoms with Crippen molar-refractivity contribution in [3.63, 3.8) is 0 Å². The lowest BCUT2D eigenvalue weighted by molar-refractivity contribution is -0.385. The van der Waals surface area contributed by atoms with Crippen molar-refractivity contribution < 1.29 is 28.0 Å². The van der Waals surface area contributed by atoms with E-state index in [0.717, 1.165) is 18.2 Å². The Bertz CT molecular complexity index is 860.